The van der Waals surface area contributed by atoms with Crippen LogP contribution in [0.2, 0.25) is 0 Å². The highest BCUT2D eigenvalue weighted by Gasteiger charge is 2.09. The summed E-state index contributed by atoms with van der Waals surface area (Å²) in [5.41, 5.74) is 1.42. The third-order valence-corrected chi connectivity index (χ3v) is 3.17. The van der Waals surface area contributed by atoms with Crippen molar-refractivity contribution in [1.82, 2.24) is 15.3 Å². The van der Waals surface area contributed by atoms with Crippen LogP contribution in [0.1, 0.15) is 36.3 Å². The molecule has 1 unspecified atom stereocenters. The molecular weight excluding hydrogens is 264 g/mol. The van der Waals surface area contributed by atoms with Crippen LogP contribution in [0.15, 0.2) is 42.6 Å². The van der Waals surface area contributed by atoms with Crippen molar-refractivity contribution in [2.24, 2.45) is 0 Å². The number of nitrogens with zero attached hydrogens (tertiary/aromatic N) is 2. The second-order valence-electron chi connectivity index (χ2n) is 4.89. The van der Waals surface area contributed by atoms with Crippen molar-refractivity contribution in [3.05, 3.63) is 53.9 Å². The van der Waals surface area contributed by atoms with Crippen molar-refractivity contribution in [3.8, 4) is 0 Å². The lowest BCUT2D eigenvalue weighted by Crippen LogP contribution is -2.25. The molecule has 2 rings (SSSR count). The summed E-state index contributed by atoms with van der Waals surface area (Å²) in [7, 11) is 0. The number of rotatable bonds is 6. The summed E-state index contributed by atoms with van der Waals surface area (Å²) in [6.07, 6.45) is 2.56. The lowest BCUT2D eigenvalue weighted by molar-refractivity contribution is 0.0946. The number of amides is 1. The molecule has 21 heavy (non-hydrogen) atoms. The number of anilines is 1. The Bertz CT molecular complexity index is 586. The number of nitrogens with one attached hydrogen (secondary N) is 2. The molecule has 0 aliphatic rings. The molecule has 1 aromatic heterocycles. The van der Waals surface area contributed by atoms with E-state index >= 15 is 0 Å². The van der Waals surface area contributed by atoms with Crippen molar-refractivity contribution in [2.45, 2.75) is 32.9 Å². The van der Waals surface area contributed by atoms with Crippen molar-refractivity contribution in [3.63, 3.8) is 0 Å². The summed E-state index contributed by atoms with van der Waals surface area (Å²) in [5, 5.41) is 6.01. The molecule has 0 aliphatic heterocycles. The van der Waals surface area contributed by atoms with E-state index in [1.165, 1.54) is 0 Å². The van der Waals surface area contributed by atoms with E-state index in [9.17, 15) is 4.79 Å². The van der Waals surface area contributed by atoms with E-state index in [1.807, 2.05) is 37.3 Å². The Kier molecular flexibility index (Phi) is 5.26. The minimum absolute atomic E-state index is 0.201. The summed E-state index contributed by atoms with van der Waals surface area (Å²) in [4.78, 5) is 20.5. The van der Waals surface area contributed by atoms with Crippen LogP contribution < -0.4 is 10.6 Å². The summed E-state index contributed by atoms with van der Waals surface area (Å²) in [5.74, 6) is 0.283. The number of hydrogen-bond acceptors (Lipinski definition) is 4. The summed E-state index contributed by atoms with van der Waals surface area (Å²) in [6.45, 7) is 4.61. The van der Waals surface area contributed by atoms with Gasteiger partial charge in [-0.2, -0.15) is 0 Å². The van der Waals surface area contributed by atoms with Crippen molar-refractivity contribution in [1.29, 1.82) is 0 Å². The maximum Gasteiger partial charge on any atom is 0.270 e. The van der Waals surface area contributed by atoms with Gasteiger partial charge in [-0.05, 0) is 25.0 Å². The Morgan fingerprint density at radius 1 is 1.24 bits per heavy atom. The molecule has 2 aromatic rings. The van der Waals surface area contributed by atoms with E-state index in [2.05, 4.69) is 27.5 Å². The highest BCUT2D eigenvalue weighted by atomic mass is 16.1. The van der Waals surface area contributed by atoms with E-state index in [0.29, 0.717) is 18.2 Å². The number of hydrogen-bond donors (Lipinski definition) is 2. The average Bonchev–Trinajstić information content (AvgIpc) is 2.53. The molecule has 0 aliphatic carbocycles. The molecule has 1 amide bonds. The number of carbonyl (C=O) groups excluding carboxylic acids is 1. The van der Waals surface area contributed by atoms with E-state index in [-0.39, 0.29) is 11.9 Å². The Hall–Kier alpha value is -2.43. The predicted octanol–water partition coefficient (Wildman–Crippen LogP) is 2.62. The highest BCUT2D eigenvalue weighted by Crippen LogP contribution is 2.05. The van der Waals surface area contributed by atoms with E-state index in [1.54, 1.807) is 12.3 Å². The largest absolute Gasteiger partial charge is 0.352 e. The van der Waals surface area contributed by atoms with Gasteiger partial charge in [0.15, 0.2) is 0 Å². The molecule has 1 heterocycles. The molecule has 0 fully saturated rings. The van der Waals surface area contributed by atoms with Gasteiger partial charge in [0, 0.05) is 18.8 Å². The minimum atomic E-state index is -0.201. The SMILES string of the molecule is CCC(C)Nc1nccc(C(=O)NCc2ccccc2)n1. The molecule has 0 bridgehead atoms. The fraction of sp³-hybridized carbons (Fsp3) is 0.312. The third-order valence-electron chi connectivity index (χ3n) is 3.17. The Morgan fingerprint density at radius 3 is 2.71 bits per heavy atom. The van der Waals surface area contributed by atoms with Crippen molar-refractivity contribution >= 4 is 11.9 Å². The Balaban J connectivity index is 1.97. The first-order chi connectivity index (χ1) is 10.2. The smallest absolute Gasteiger partial charge is 0.270 e. The number of carbonyl (C=O) groups is 1. The van der Waals surface area contributed by atoms with Crippen LogP contribution in [-0.2, 0) is 6.54 Å². The van der Waals surface area contributed by atoms with Crippen LogP contribution in [0.25, 0.3) is 0 Å². The second-order valence-corrected chi connectivity index (χ2v) is 4.89. The van der Waals surface area contributed by atoms with Crippen molar-refractivity contribution in [2.75, 3.05) is 5.32 Å². The number of aromatic nitrogens is 2. The molecule has 0 spiro atoms. The highest BCUT2D eigenvalue weighted by molar-refractivity contribution is 5.92. The van der Waals surface area contributed by atoms with Gasteiger partial charge in [0.1, 0.15) is 5.69 Å². The standard InChI is InChI=1S/C16H20N4O/c1-3-12(2)19-16-17-10-9-14(20-16)15(21)18-11-13-7-5-4-6-8-13/h4-10,12H,3,11H2,1-2H3,(H,18,21)(H,17,19,20). The Morgan fingerprint density at radius 2 is 2.00 bits per heavy atom. The van der Waals surface area contributed by atoms with Crippen LogP contribution >= 0.6 is 0 Å². The monoisotopic (exact) mass is 284 g/mol. The van der Waals surface area contributed by atoms with Gasteiger partial charge in [-0.3, -0.25) is 4.79 Å². The lowest BCUT2D eigenvalue weighted by atomic mass is 10.2. The van der Waals surface area contributed by atoms with Crippen LogP contribution in [0.5, 0.6) is 0 Å². The van der Waals surface area contributed by atoms with Gasteiger partial charge in [-0.1, -0.05) is 37.3 Å². The Labute approximate surface area is 124 Å². The third kappa shape index (κ3) is 4.56. The molecule has 0 saturated heterocycles. The van der Waals surface area contributed by atoms with Gasteiger partial charge in [0.05, 0.1) is 0 Å². The van der Waals surface area contributed by atoms with Gasteiger partial charge >= 0.3 is 0 Å². The van der Waals surface area contributed by atoms with Crippen LogP contribution in [0, 0.1) is 0 Å². The maximum absolute atomic E-state index is 12.1. The van der Waals surface area contributed by atoms with Gasteiger partial charge in [0.2, 0.25) is 5.95 Å². The first kappa shape index (κ1) is 15.0. The molecule has 2 N–H and O–H groups in total. The summed E-state index contributed by atoms with van der Waals surface area (Å²) >= 11 is 0. The van der Waals surface area contributed by atoms with Gasteiger partial charge in [-0.15, -0.1) is 0 Å². The van der Waals surface area contributed by atoms with Gasteiger partial charge < -0.3 is 10.6 Å². The molecule has 1 atom stereocenters. The fourth-order valence-electron chi connectivity index (χ4n) is 1.75. The fourth-order valence-corrected chi connectivity index (χ4v) is 1.75. The molecule has 5 nitrogen and oxygen atoms in total. The molecule has 0 saturated carbocycles. The minimum Gasteiger partial charge on any atom is -0.352 e. The molecule has 0 radical (unpaired) electrons. The molecule has 5 heteroatoms. The van der Waals surface area contributed by atoms with E-state index < -0.39 is 0 Å². The number of benzene rings is 1. The molecule has 1 aromatic carbocycles. The van der Waals surface area contributed by atoms with E-state index in [4.69, 9.17) is 0 Å². The normalized spacial score (nSPS) is 11.7. The van der Waals surface area contributed by atoms with Gasteiger partial charge in [-0.25, -0.2) is 9.97 Å². The molecule has 110 valence electrons. The molecular formula is C16H20N4O. The zero-order chi connectivity index (χ0) is 15.1. The first-order valence-electron chi connectivity index (χ1n) is 7.10. The topological polar surface area (TPSA) is 66.9 Å². The van der Waals surface area contributed by atoms with Crippen LogP contribution in [-0.4, -0.2) is 21.9 Å². The van der Waals surface area contributed by atoms with Crippen LogP contribution in [0.3, 0.4) is 0 Å². The summed E-state index contributed by atoms with van der Waals surface area (Å²) in [6, 6.07) is 11.7. The second kappa shape index (κ2) is 7.38. The lowest BCUT2D eigenvalue weighted by Gasteiger charge is -2.11. The van der Waals surface area contributed by atoms with Crippen LogP contribution in [0.4, 0.5) is 5.95 Å². The first-order valence-corrected chi connectivity index (χ1v) is 7.10. The maximum atomic E-state index is 12.1. The average molecular weight is 284 g/mol. The predicted molar refractivity (Wildman–Crippen MR) is 83.0 cm³/mol. The van der Waals surface area contributed by atoms with Crippen molar-refractivity contribution < 1.29 is 4.79 Å². The zero-order valence-corrected chi connectivity index (χ0v) is 12.3. The summed E-state index contributed by atoms with van der Waals surface area (Å²) < 4.78 is 0. The zero-order valence-electron chi connectivity index (χ0n) is 12.3. The quantitative estimate of drug-likeness (QED) is 0.855. The van der Waals surface area contributed by atoms with E-state index in [0.717, 1.165) is 12.0 Å². The van der Waals surface area contributed by atoms with Gasteiger partial charge in [0.25, 0.3) is 5.91 Å².